The van der Waals surface area contributed by atoms with E-state index < -0.39 is 59.4 Å². The number of rotatable bonds is 14. The predicted molar refractivity (Wildman–Crippen MR) is 238 cm³/mol. The summed E-state index contributed by atoms with van der Waals surface area (Å²) >= 11 is 0. The number of imidazole rings is 1. The van der Waals surface area contributed by atoms with Gasteiger partial charge in [-0.2, -0.15) is 0 Å². The second-order valence-electron chi connectivity index (χ2n) is 16.7. The fourth-order valence-corrected chi connectivity index (χ4v) is 8.39. The largest absolute Gasteiger partial charge is 0.497 e. The number of ether oxygens (including phenoxy) is 4. The molecular weight excluding hydrogens is 829 g/mol. The number of fused-ring (bicyclic) bond motifs is 2. The summed E-state index contributed by atoms with van der Waals surface area (Å²) in [5.74, 6) is -0.391. The van der Waals surface area contributed by atoms with Gasteiger partial charge in [0.05, 0.1) is 31.7 Å². The molecule has 4 heterocycles. The Bertz CT molecular complexity index is 2770. The Morgan fingerprint density at radius 3 is 1.82 bits per heavy atom. The van der Waals surface area contributed by atoms with Crippen molar-refractivity contribution in [2.75, 3.05) is 19.5 Å². The number of benzene rings is 5. The average molecular weight is 875 g/mol. The SMILES string of the molecule is COc1ccc(C(OC(C(=O)c2ccccc2)[C@H]2O[C@@H](n3cnc4c(NC(C)(C)C)ncnc43)[C@H](ON3C(=O)c4ccccc4C3=O)[C@@H]2O)(c2ccccc2)c2ccc(OC)cc2)cc1. The fraction of sp³-hybridized carbons (Fsp3) is 0.240. The van der Waals surface area contributed by atoms with Gasteiger partial charge in [0.2, 0.25) is 0 Å². The maximum absolute atomic E-state index is 15.4. The number of nitrogens with one attached hydrogen (secondary N) is 1. The maximum Gasteiger partial charge on any atom is 0.285 e. The van der Waals surface area contributed by atoms with E-state index in [0.29, 0.717) is 44.6 Å². The highest BCUT2D eigenvalue weighted by Crippen LogP contribution is 2.46. The number of carbonyl (C=O) groups is 3. The molecule has 9 rings (SSSR count). The molecule has 2 aliphatic heterocycles. The Balaban J connectivity index is 1.23. The second-order valence-corrected chi connectivity index (χ2v) is 16.7. The van der Waals surface area contributed by atoms with E-state index in [1.807, 2.05) is 75.4 Å². The Hall–Kier alpha value is -7.30. The molecule has 1 fully saturated rings. The first-order valence-electron chi connectivity index (χ1n) is 21.0. The molecule has 0 saturated carbocycles. The first-order chi connectivity index (χ1) is 31.4. The number of imide groups is 1. The second kappa shape index (κ2) is 17.3. The van der Waals surface area contributed by atoms with Gasteiger partial charge in [-0.05, 0) is 73.9 Å². The molecule has 5 aromatic carbocycles. The number of aromatic nitrogens is 4. The van der Waals surface area contributed by atoms with Crippen molar-refractivity contribution >= 4 is 34.6 Å². The number of aliphatic hydroxyl groups is 1. The van der Waals surface area contributed by atoms with Crippen molar-refractivity contribution < 1.29 is 43.3 Å². The molecule has 0 aliphatic carbocycles. The summed E-state index contributed by atoms with van der Waals surface area (Å²) in [6.45, 7) is 5.92. The lowest BCUT2D eigenvalue weighted by atomic mass is 9.79. The lowest BCUT2D eigenvalue weighted by molar-refractivity contribution is -0.177. The van der Waals surface area contributed by atoms with Crippen LogP contribution in [0.5, 0.6) is 11.5 Å². The number of methoxy groups -OCH3 is 2. The molecule has 5 atom stereocenters. The Kier molecular flexibility index (Phi) is 11.5. The summed E-state index contributed by atoms with van der Waals surface area (Å²) in [6.07, 6.45) is -4.96. The van der Waals surface area contributed by atoms with E-state index >= 15 is 4.79 Å². The van der Waals surface area contributed by atoms with E-state index in [1.54, 1.807) is 80.9 Å². The molecule has 2 aromatic heterocycles. The van der Waals surface area contributed by atoms with Gasteiger partial charge < -0.3 is 29.4 Å². The van der Waals surface area contributed by atoms with Crippen LogP contribution in [-0.4, -0.2) is 91.5 Å². The number of nitrogens with zero attached hydrogens (tertiary/aromatic N) is 5. The molecule has 0 bridgehead atoms. The Morgan fingerprint density at radius 1 is 0.723 bits per heavy atom. The van der Waals surface area contributed by atoms with Gasteiger partial charge in [0.25, 0.3) is 11.8 Å². The summed E-state index contributed by atoms with van der Waals surface area (Å²) in [7, 11) is 3.14. The number of carbonyl (C=O) groups excluding carboxylic acids is 3. The van der Waals surface area contributed by atoms with Crippen LogP contribution in [0.15, 0.2) is 146 Å². The van der Waals surface area contributed by atoms with Crippen molar-refractivity contribution in [3.63, 3.8) is 0 Å². The Labute approximate surface area is 374 Å². The zero-order chi connectivity index (χ0) is 45.5. The van der Waals surface area contributed by atoms with E-state index in [-0.39, 0.29) is 22.3 Å². The third-order valence-electron chi connectivity index (χ3n) is 11.5. The van der Waals surface area contributed by atoms with Gasteiger partial charge >= 0.3 is 0 Å². The fourth-order valence-electron chi connectivity index (χ4n) is 8.39. The van der Waals surface area contributed by atoms with Crippen LogP contribution >= 0.6 is 0 Å². The Morgan fingerprint density at radius 2 is 1.26 bits per heavy atom. The van der Waals surface area contributed by atoms with Gasteiger partial charge in [0.15, 0.2) is 41.2 Å². The first-order valence-corrected chi connectivity index (χ1v) is 21.0. The lowest BCUT2D eigenvalue weighted by Gasteiger charge is -2.40. The molecule has 2 amide bonds. The number of ketones is 1. The molecule has 1 saturated heterocycles. The van der Waals surface area contributed by atoms with E-state index in [4.69, 9.17) is 23.8 Å². The number of hydroxylamine groups is 2. The van der Waals surface area contributed by atoms with Crippen LogP contribution in [0.3, 0.4) is 0 Å². The van der Waals surface area contributed by atoms with Crippen LogP contribution in [0.2, 0.25) is 0 Å². The van der Waals surface area contributed by atoms with Crippen molar-refractivity contribution in [1.82, 2.24) is 24.6 Å². The van der Waals surface area contributed by atoms with Crippen molar-refractivity contribution in [3.05, 3.63) is 179 Å². The van der Waals surface area contributed by atoms with Crippen molar-refractivity contribution in [1.29, 1.82) is 0 Å². The van der Waals surface area contributed by atoms with Crippen molar-refractivity contribution in [2.24, 2.45) is 0 Å². The van der Waals surface area contributed by atoms with Crippen LogP contribution in [0.25, 0.3) is 11.2 Å². The smallest absolute Gasteiger partial charge is 0.285 e. The predicted octanol–water partition coefficient (Wildman–Crippen LogP) is 7.17. The molecule has 7 aromatic rings. The van der Waals surface area contributed by atoms with Crippen LogP contribution in [0.4, 0.5) is 5.82 Å². The number of aliphatic hydroxyl groups excluding tert-OH is 1. The van der Waals surface area contributed by atoms with Gasteiger partial charge in [-0.25, -0.2) is 15.0 Å². The average Bonchev–Trinajstić information content (AvgIpc) is 3.98. The molecule has 15 heteroatoms. The number of hydrogen-bond acceptors (Lipinski definition) is 13. The van der Waals surface area contributed by atoms with E-state index in [9.17, 15) is 14.7 Å². The minimum atomic E-state index is -1.74. The lowest BCUT2D eigenvalue weighted by Crippen LogP contribution is -2.50. The molecule has 2 N–H and O–H groups in total. The van der Waals surface area contributed by atoms with Crippen LogP contribution in [0, 0.1) is 0 Å². The van der Waals surface area contributed by atoms with Crippen molar-refractivity contribution in [3.8, 4) is 11.5 Å². The zero-order valence-electron chi connectivity index (χ0n) is 36.2. The highest BCUT2D eigenvalue weighted by molar-refractivity contribution is 6.20. The van der Waals surface area contributed by atoms with E-state index in [0.717, 1.165) is 0 Å². The molecule has 65 heavy (non-hydrogen) atoms. The minimum Gasteiger partial charge on any atom is -0.497 e. The highest BCUT2D eigenvalue weighted by atomic mass is 16.7. The van der Waals surface area contributed by atoms with E-state index in [1.165, 1.54) is 29.4 Å². The summed E-state index contributed by atoms with van der Waals surface area (Å²) < 4.78 is 27.0. The van der Waals surface area contributed by atoms with Crippen LogP contribution in [-0.2, 0) is 19.9 Å². The molecule has 330 valence electrons. The van der Waals surface area contributed by atoms with Crippen molar-refractivity contribution in [2.45, 2.75) is 62.6 Å². The monoisotopic (exact) mass is 874 g/mol. The number of Topliss-reactive ketones (excluding diaryl/α,β-unsaturated/α-hetero) is 1. The standard InChI is InChI=1S/C50H46N6O9/c1-49(2,3)54-44-38-45(52-28-51-44)55(29-53-38)48-43(65-56-46(59)36-18-12-13-19-37(36)47(56)60)40(58)41(63-48)42(39(57)30-14-8-6-9-15-30)64-50(31-16-10-7-11-17-31,32-20-24-34(61-4)25-21-32)33-22-26-35(62-5)27-23-33/h6-29,40-43,48,58H,1-5H3,(H,51,52,54)/t40-,41+,42?,43-,48-/m1/s1. The summed E-state index contributed by atoms with van der Waals surface area (Å²) in [4.78, 5) is 63.1. The molecule has 0 spiro atoms. The zero-order valence-corrected chi connectivity index (χ0v) is 36.2. The molecule has 15 nitrogen and oxygen atoms in total. The quantitative estimate of drug-likeness (QED) is 0.0640. The normalized spacial score (nSPS) is 19.0. The summed E-state index contributed by atoms with van der Waals surface area (Å²) in [5.41, 5.74) is 1.06. The van der Waals surface area contributed by atoms with Gasteiger partial charge in [-0.1, -0.05) is 97.1 Å². The number of amides is 2. The number of anilines is 1. The molecule has 2 aliphatic rings. The maximum atomic E-state index is 15.4. The van der Waals surface area contributed by atoms with Gasteiger partial charge in [0, 0.05) is 11.1 Å². The topological polar surface area (TPSA) is 176 Å². The van der Waals surface area contributed by atoms with Gasteiger partial charge in [0.1, 0.15) is 35.6 Å². The van der Waals surface area contributed by atoms with Crippen LogP contribution < -0.4 is 14.8 Å². The minimum absolute atomic E-state index is 0.129. The summed E-state index contributed by atoms with van der Waals surface area (Å²) in [6, 6.07) is 38.9. The van der Waals surface area contributed by atoms with E-state index in [2.05, 4.69) is 20.3 Å². The third kappa shape index (κ3) is 7.88. The van der Waals surface area contributed by atoms with Gasteiger partial charge in [-0.3, -0.25) is 23.8 Å². The summed E-state index contributed by atoms with van der Waals surface area (Å²) in [5, 5.41) is 16.8. The molecule has 0 radical (unpaired) electrons. The highest BCUT2D eigenvalue weighted by Gasteiger charge is 2.56. The van der Waals surface area contributed by atoms with Crippen LogP contribution in [0.1, 0.15) is 74.8 Å². The molecular formula is C50H46N6O9. The van der Waals surface area contributed by atoms with Gasteiger partial charge in [-0.15, -0.1) is 5.06 Å². The number of hydrogen-bond donors (Lipinski definition) is 2. The third-order valence-corrected chi connectivity index (χ3v) is 11.5. The molecule has 1 unspecified atom stereocenters. The first kappa shape index (κ1) is 43.0.